The molecule has 0 aliphatic carbocycles. The number of nitro groups is 1. The topological polar surface area (TPSA) is 97.8 Å². The average Bonchev–Trinajstić information content (AvgIpc) is 2.95. The number of nitrogens with one attached hydrogen (secondary N) is 1. The van der Waals surface area contributed by atoms with Crippen molar-refractivity contribution in [2.75, 3.05) is 0 Å². The fourth-order valence-corrected chi connectivity index (χ4v) is 1.55. The molecule has 0 spiro atoms. The molecule has 3 aromatic rings. The first-order chi connectivity index (χ1) is 8.25. The van der Waals surface area contributed by atoms with Gasteiger partial charge in [0.2, 0.25) is 5.69 Å². The van der Waals surface area contributed by atoms with Crippen LogP contribution in [0.1, 0.15) is 0 Å². The second-order valence-electron chi connectivity index (χ2n) is 3.36. The van der Waals surface area contributed by atoms with Gasteiger partial charge in [-0.1, -0.05) is 12.1 Å². The van der Waals surface area contributed by atoms with Gasteiger partial charge in [0.15, 0.2) is 5.58 Å². The highest BCUT2D eigenvalue weighted by molar-refractivity contribution is 5.76. The van der Waals surface area contributed by atoms with Crippen molar-refractivity contribution in [2.24, 2.45) is 0 Å². The van der Waals surface area contributed by atoms with Crippen molar-refractivity contribution in [1.29, 1.82) is 0 Å². The zero-order chi connectivity index (χ0) is 11.8. The first-order valence-electron chi connectivity index (χ1n) is 4.80. The third-order valence-electron chi connectivity index (χ3n) is 2.31. The number of hydrogen-bond donors (Lipinski definition) is 1. The predicted molar refractivity (Wildman–Crippen MR) is 58.2 cm³/mol. The summed E-state index contributed by atoms with van der Waals surface area (Å²) in [6, 6.07) is 7.12. The molecule has 7 nitrogen and oxygen atoms in total. The van der Waals surface area contributed by atoms with E-state index >= 15 is 0 Å². The van der Waals surface area contributed by atoms with Crippen molar-refractivity contribution in [3.63, 3.8) is 0 Å². The minimum absolute atomic E-state index is 0.103. The summed E-state index contributed by atoms with van der Waals surface area (Å²) in [4.78, 5) is 14.4. The maximum absolute atomic E-state index is 10.7. The molecule has 1 N–H and O–H groups in total. The normalized spacial score (nSPS) is 10.8. The van der Waals surface area contributed by atoms with E-state index < -0.39 is 4.92 Å². The van der Waals surface area contributed by atoms with Crippen molar-refractivity contribution in [1.82, 2.24) is 15.2 Å². The summed E-state index contributed by atoms with van der Waals surface area (Å²) >= 11 is 0. The molecule has 84 valence electrons. The Balaban J connectivity index is 2.20. The number of benzene rings is 1. The molecule has 17 heavy (non-hydrogen) atoms. The van der Waals surface area contributed by atoms with E-state index in [1.165, 1.54) is 6.20 Å². The molecule has 7 heteroatoms. The fourth-order valence-electron chi connectivity index (χ4n) is 1.55. The fraction of sp³-hybridized carbons (Fsp3) is 0. The minimum Gasteiger partial charge on any atom is -0.434 e. The van der Waals surface area contributed by atoms with Crippen LogP contribution < -0.4 is 0 Å². The number of aromatic amines is 1. The van der Waals surface area contributed by atoms with Gasteiger partial charge in [0.1, 0.15) is 11.7 Å². The molecule has 0 fully saturated rings. The summed E-state index contributed by atoms with van der Waals surface area (Å²) in [5, 5.41) is 17.0. The Morgan fingerprint density at radius 2 is 2.18 bits per heavy atom. The zero-order valence-electron chi connectivity index (χ0n) is 8.45. The molecule has 3 rings (SSSR count). The molecule has 0 amide bonds. The van der Waals surface area contributed by atoms with E-state index in [9.17, 15) is 10.1 Å². The molecule has 0 unspecified atom stereocenters. The molecule has 2 heterocycles. The van der Waals surface area contributed by atoms with Crippen LogP contribution in [-0.2, 0) is 0 Å². The summed E-state index contributed by atoms with van der Waals surface area (Å²) in [6.45, 7) is 0. The SMILES string of the molecule is O=[N+]([O-])c1c[nH]nc1-c1nc2ccccc2o1. The van der Waals surface area contributed by atoms with Crippen LogP contribution in [0.15, 0.2) is 34.9 Å². The third-order valence-corrected chi connectivity index (χ3v) is 2.31. The van der Waals surface area contributed by atoms with Gasteiger partial charge in [-0.2, -0.15) is 5.10 Å². The molecule has 0 aliphatic heterocycles. The highest BCUT2D eigenvalue weighted by Gasteiger charge is 2.22. The van der Waals surface area contributed by atoms with E-state index in [1.54, 1.807) is 18.2 Å². The Bertz CT molecular complexity index is 667. The Labute approximate surface area is 94.2 Å². The van der Waals surface area contributed by atoms with Gasteiger partial charge in [0.25, 0.3) is 5.89 Å². The molecule has 0 bridgehead atoms. The lowest BCUT2D eigenvalue weighted by Gasteiger charge is -1.87. The molecule has 2 aromatic heterocycles. The summed E-state index contributed by atoms with van der Waals surface area (Å²) in [7, 11) is 0. The molecule has 0 aliphatic rings. The number of oxazole rings is 1. The van der Waals surface area contributed by atoms with Crippen LogP contribution in [0.2, 0.25) is 0 Å². The molecule has 0 radical (unpaired) electrons. The molecule has 1 aromatic carbocycles. The van der Waals surface area contributed by atoms with Gasteiger partial charge in [-0.15, -0.1) is 0 Å². The Morgan fingerprint density at radius 3 is 2.94 bits per heavy atom. The summed E-state index contributed by atoms with van der Waals surface area (Å²) in [6.07, 6.45) is 1.20. The molecule has 0 atom stereocenters. The van der Waals surface area contributed by atoms with Crippen LogP contribution in [-0.4, -0.2) is 20.1 Å². The standard InChI is InChI=1S/C10H6N4O3/c15-14(16)7-5-11-13-9(7)10-12-6-3-1-2-4-8(6)17-10/h1-5H,(H,11,13). The second kappa shape index (κ2) is 3.41. The van der Waals surface area contributed by atoms with Gasteiger partial charge in [-0.25, -0.2) is 4.98 Å². The Hall–Kier alpha value is -2.70. The molecule has 0 saturated heterocycles. The number of rotatable bonds is 2. The van der Waals surface area contributed by atoms with Crippen LogP contribution in [0.4, 0.5) is 5.69 Å². The van der Waals surface area contributed by atoms with Gasteiger partial charge < -0.3 is 4.42 Å². The van der Waals surface area contributed by atoms with E-state index in [0.29, 0.717) is 11.1 Å². The lowest BCUT2D eigenvalue weighted by Crippen LogP contribution is -1.88. The molecular formula is C10H6N4O3. The zero-order valence-corrected chi connectivity index (χ0v) is 8.45. The Morgan fingerprint density at radius 1 is 1.35 bits per heavy atom. The molecular weight excluding hydrogens is 224 g/mol. The maximum Gasteiger partial charge on any atom is 0.319 e. The third kappa shape index (κ3) is 1.44. The van der Waals surface area contributed by atoms with Gasteiger partial charge in [0.05, 0.1) is 4.92 Å². The lowest BCUT2D eigenvalue weighted by molar-refractivity contribution is -0.384. The number of aromatic nitrogens is 3. The van der Waals surface area contributed by atoms with Crippen LogP contribution in [0.25, 0.3) is 22.7 Å². The summed E-state index contributed by atoms with van der Waals surface area (Å²) in [5.41, 5.74) is 1.15. The maximum atomic E-state index is 10.7. The number of nitrogens with zero attached hydrogens (tertiary/aromatic N) is 3. The minimum atomic E-state index is -0.534. The van der Waals surface area contributed by atoms with Crippen molar-refractivity contribution in [3.05, 3.63) is 40.6 Å². The highest BCUT2D eigenvalue weighted by atomic mass is 16.6. The van der Waals surface area contributed by atoms with Crippen LogP contribution in [0.3, 0.4) is 0 Å². The first kappa shape index (κ1) is 9.52. The van der Waals surface area contributed by atoms with E-state index in [1.807, 2.05) is 6.07 Å². The van der Waals surface area contributed by atoms with E-state index in [2.05, 4.69) is 15.2 Å². The van der Waals surface area contributed by atoms with Gasteiger partial charge in [-0.05, 0) is 12.1 Å². The van der Waals surface area contributed by atoms with Gasteiger partial charge in [0, 0.05) is 0 Å². The first-order valence-corrected chi connectivity index (χ1v) is 4.80. The van der Waals surface area contributed by atoms with Crippen LogP contribution >= 0.6 is 0 Å². The smallest absolute Gasteiger partial charge is 0.319 e. The average molecular weight is 230 g/mol. The van der Waals surface area contributed by atoms with Crippen molar-refractivity contribution in [3.8, 4) is 11.6 Å². The lowest BCUT2D eigenvalue weighted by atomic mass is 10.3. The highest BCUT2D eigenvalue weighted by Crippen LogP contribution is 2.28. The number of hydrogen-bond acceptors (Lipinski definition) is 5. The summed E-state index contributed by atoms with van der Waals surface area (Å²) in [5.74, 6) is 0.138. The van der Waals surface area contributed by atoms with Gasteiger partial charge >= 0.3 is 5.69 Å². The van der Waals surface area contributed by atoms with E-state index in [-0.39, 0.29) is 17.3 Å². The number of fused-ring (bicyclic) bond motifs is 1. The monoisotopic (exact) mass is 230 g/mol. The Kier molecular flexibility index (Phi) is 1.91. The largest absolute Gasteiger partial charge is 0.434 e. The van der Waals surface area contributed by atoms with Crippen molar-refractivity contribution < 1.29 is 9.34 Å². The van der Waals surface area contributed by atoms with E-state index in [0.717, 1.165) is 0 Å². The van der Waals surface area contributed by atoms with Crippen molar-refractivity contribution >= 4 is 16.8 Å². The van der Waals surface area contributed by atoms with E-state index in [4.69, 9.17) is 4.42 Å². The van der Waals surface area contributed by atoms with Crippen LogP contribution in [0, 0.1) is 10.1 Å². The summed E-state index contributed by atoms with van der Waals surface area (Å²) < 4.78 is 5.41. The van der Waals surface area contributed by atoms with Crippen LogP contribution in [0.5, 0.6) is 0 Å². The van der Waals surface area contributed by atoms with Crippen molar-refractivity contribution in [2.45, 2.75) is 0 Å². The second-order valence-corrected chi connectivity index (χ2v) is 3.36. The quantitative estimate of drug-likeness (QED) is 0.537. The number of H-pyrrole nitrogens is 1. The van der Waals surface area contributed by atoms with Gasteiger partial charge in [-0.3, -0.25) is 15.2 Å². The number of para-hydroxylation sites is 2. The predicted octanol–water partition coefficient (Wildman–Crippen LogP) is 2.13. The molecule has 0 saturated carbocycles.